The van der Waals surface area contributed by atoms with E-state index in [0.717, 1.165) is 6.42 Å². The number of hydrogen-bond donors (Lipinski definition) is 2. The molecule has 0 amide bonds. The Kier molecular flexibility index (Phi) is 2.50. The maximum atomic E-state index is 5.36. The minimum Gasteiger partial charge on any atom is -0.339 e. The summed E-state index contributed by atoms with van der Waals surface area (Å²) in [4.78, 5) is 4.13. The van der Waals surface area contributed by atoms with E-state index in [1.807, 2.05) is 0 Å². The van der Waals surface area contributed by atoms with Gasteiger partial charge in [0, 0.05) is 6.42 Å². The Morgan fingerprint density at radius 2 is 2.43 bits per heavy atom. The van der Waals surface area contributed by atoms with Gasteiger partial charge in [0.25, 0.3) is 0 Å². The first-order valence-corrected chi connectivity index (χ1v) is 4.29. The second kappa shape index (κ2) is 3.97. The zero-order chi connectivity index (χ0) is 9.80. The molecule has 0 fully saturated rings. The van der Waals surface area contributed by atoms with Gasteiger partial charge in [0.2, 0.25) is 11.7 Å². The predicted molar refractivity (Wildman–Crippen MR) is 47.1 cm³/mol. The summed E-state index contributed by atoms with van der Waals surface area (Å²) in [6.07, 6.45) is 3.07. The van der Waals surface area contributed by atoms with Crippen LogP contribution in [0.15, 0.2) is 10.7 Å². The summed E-state index contributed by atoms with van der Waals surface area (Å²) in [5.74, 6) is 1.03. The van der Waals surface area contributed by atoms with Crippen molar-refractivity contribution in [3.63, 3.8) is 0 Å². The minimum atomic E-state index is 0.450. The van der Waals surface area contributed by atoms with Gasteiger partial charge >= 0.3 is 0 Å². The molecule has 0 aliphatic rings. The maximum absolute atomic E-state index is 5.36. The number of nitrogens with zero attached hydrogens (tertiary/aromatic N) is 4. The Hall–Kier alpha value is -1.76. The fraction of sp³-hybridized carbons (Fsp3) is 0.429. The number of aromatic nitrogens is 5. The van der Waals surface area contributed by atoms with Gasteiger partial charge in [-0.1, -0.05) is 5.16 Å². The van der Waals surface area contributed by atoms with Gasteiger partial charge in [0.1, 0.15) is 0 Å². The summed E-state index contributed by atoms with van der Waals surface area (Å²) in [7, 11) is 0. The summed E-state index contributed by atoms with van der Waals surface area (Å²) >= 11 is 0. The van der Waals surface area contributed by atoms with Crippen molar-refractivity contribution >= 4 is 0 Å². The third-order valence-corrected chi connectivity index (χ3v) is 1.71. The van der Waals surface area contributed by atoms with E-state index in [9.17, 15) is 0 Å². The molecule has 3 N–H and O–H groups in total. The molecule has 0 radical (unpaired) electrons. The van der Waals surface area contributed by atoms with E-state index in [4.69, 9.17) is 10.3 Å². The van der Waals surface area contributed by atoms with Crippen molar-refractivity contribution in [1.29, 1.82) is 0 Å². The fourth-order valence-electron chi connectivity index (χ4n) is 1.02. The van der Waals surface area contributed by atoms with Crippen molar-refractivity contribution in [3.05, 3.63) is 12.1 Å². The summed E-state index contributed by atoms with van der Waals surface area (Å²) in [5.41, 5.74) is 5.94. The van der Waals surface area contributed by atoms with Gasteiger partial charge in [-0.25, -0.2) is 0 Å². The molecule has 2 rings (SSSR count). The summed E-state index contributed by atoms with van der Waals surface area (Å²) < 4.78 is 4.99. The van der Waals surface area contributed by atoms with Crippen LogP contribution >= 0.6 is 0 Å². The van der Waals surface area contributed by atoms with Crippen molar-refractivity contribution < 1.29 is 4.52 Å². The average Bonchev–Trinajstić information content (AvgIpc) is 2.85. The number of H-pyrrole nitrogens is 1. The molecule has 7 nitrogen and oxygen atoms in total. The van der Waals surface area contributed by atoms with Crippen LogP contribution in [0, 0.1) is 0 Å². The lowest BCUT2D eigenvalue weighted by atomic mass is 10.3. The lowest BCUT2D eigenvalue weighted by molar-refractivity contribution is 0.376. The molecule has 74 valence electrons. The highest BCUT2D eigenvalue weighted by molar-refractivity contribution is 5.44. The SMILES string of the molecule is NCCCc1nc(-c2cn[nH]n2)no1. The molecule has 0 aliphatic heterocycles. The van der Waals surface area contributed by atoms with Gasteiger partial charge in [-0.15, -0.1) is 0 Å². The Labute approximate surface area is 79.7 Å². The lowest BCUT2D eigenvalue weighted by Crippen LogP contribution is -2.00. The molecule has 0 unspecified atom stereocenters. The molecule has 0 saturated carbocycles. The minimum absolute atomic E-state index is 0.450. The van der Waals surface area contributed by atoms with Crippen LogP contribution in [-0.4, -0.2) is 32.1 Å². The van der Waals surface area contributed by atoms with Crippen molar-refractivity contribution in [1.82, 2.24) is 25.6 Å². The van der Waals surface area contributed by atoms with Crippen LogP contribution < -0.4 is 5.73 Å². The first kappa shape index (κ1) is 8.82. The zero-order valence-electron chi connectivity index (χ0n) is 7.47. The highest BCUT2D eigenvalue weighted by Gasteiger charge is 2.09. The summed E-state index contributed by atoms with van der Waals surface area (Å²) in [6, 6.07) is 0. The van der Waals surface area contributed by atoms with Crippen molar-refractivity contribution in [2.75, 3.05) is 6.54 Å². The molecule has 14 heavy (non-hydrogen) atoms. The van der Waals surface area contributed by atoms with Gasteiger partial charge in [0.15, 0.2) is 5.69 Å². The van der Waals surface area contributed by atoms with Crippen molar-refractivity contribution in [2.45, 2.75) is 12.8 Å². The van der Waals surface area contributed by atoms with Gasteiger partial charge in [-0.2, -0.15) is 20.4 Å². The molecule has 2 aromatic rings. The number of rotatable bonds is 4. The van der Waals surface area contributed by atoms with Crippen LogP contribution in [0.3, 0.4) is 0 Å². The van der Waals surface area contributed by atoms with Crippen LogP contribution in [0.4, 0.5) is 0 Å². The van der Waals surface area contributed by atoms with E-state index in [0.29, 0.717) is 30.4 Å². The van der Waals surface area contributed by atoms with E-state index in [2.05, 4.69) is 25.6 Å². The van der Waals surface area contributed by atoms with Gasteiger partial charge in [-0.3, -0.25) is 0 Å². The van der Waals surface area contributed by atoms with Crippen LogP contribution in [0.2, 0.25) is 0 Å². The molecular formula is C7H10N6O. The molecule has 0 bridgehead atoms. The average molecular weight is 194 g/mol. The largest absolute Gasteiger partial charge is 0.339 e. The van der Waals surface area contributed by atoms with Gasteiger partial charge in [-0.05, 0) is 13.0 Å². The Morgan fingerprint density at radius 1 is 1.50 bits per heavy atom. The van der Waals surface area contributed by atoms with E-state index >= 15 is 0 Å². The molecule has 2 heterocycles. The van der Waals surface area contributed by atoms with Crippen molar-refractivity contribution in [3.8, 4) is 11.5 Å². The van der Waals surface area contributed by atoms with Crippen molar-refractivity contribution in [2.24, 2.45) is 5.73 Å². The normalized spacial score (nSPS) is 10.6. The third kappa shape index (κ3) is 1.77. The van der Waals surface area contributed by atoms with Gasteiger partial charge < -0.3 is 10.3 Å². The van der Waals surface area contributed by atoms with Crippen LogP contribution in [0.25, 0.3) is 11.5 Å². The summed E-state index contributed by atoms with van der Waals surface area (Å²) in [5, 5.41) is 13.7. The first-order valence-electron chi connectivity index (χ1n) is 4.29. The Morgan fingerprint density at radius 3 is 3.14 bits per heavy atom. The third-order valence-electron chi connectivity index (χ3n) is 1.71. The second-order valence-electron chi connectivity index (χ2n) is 2.76. The standard InChI is InChI=1S/C7H10N6O/c8-3-1-2-6-10-7(12-14-6)5-4-9-13-11-5/h4H,1-3,8H2,(H,9,11,13). The van der Waals surface area contributed by atoms with E-state index < -0.39 is 0 Å². The van der Waals surface area contributed by atoms with E-state index in [1.54, 1.807) is 0 Å². The molecule has 0 saturated heterocycles. The Balaban J connectivity index is 2.10. The molecule has 0 aliphatic carbocycles. The number of aromatic amines is 1. The monoisotopic (exact) mass is 194 g/mol. The molecule has 0 spiro atoms. The summed E-state index contributed by atoms with van der Waals surface area (Å²) in [6.45, 7) is 0.613. The molecule has 7 heteroatoms. The molecule has 2 aromatic heterocycles. The second-order valence-corrected chi connectivity index (χ2v) is 2.76. The zero-order valence-corrected chi connectivity index (χ0v) is 7.47. The van der Waals surface area contributed by atoms with Crippen LogP contribution in [0.1, 0.15) is 12.3 Å². The van der Waals surface area contributed by atoms with Crippen LogP contribution in [-0.2, 0) is 6.42 Å². The first-order chi connectivity index (χ1) is 6.90. The van der Waals surface area contributed by atoms with E-state index in [1.165, 1.54) is 6.20 Å². The lowest BCUT2D eigenvalue weighted by Gasteiger charge is -1.87. The number of nitrogens with one attached hydrogen (secondary N) is 1. The quantitative estimate of drug-likeness (QED) is 0.694. The fourth-order valence-corrected chi connectivity index (χ4v) is 1.02. The molecule has 0 atom stereocenters. The maximum Gasteiger partial charge on any atom is 0.227 e. The highest BCUT2D eigenvalue weighted by atomic mass is 16.5. The topological polar surface area (TPSA) is 107 Å². The van der Waals surface area contributed by atoms with E-state index in [-0.39, 0.29) is 0 Å². The molecule has 0 aromatic carbocycles. The van der Waals surface area contributed by atoms with Gasteiger partial charge in [0.05, 0.1) is 6.20 Å². The smallest absolute Gasteiger partial charge is 0.227 e. The number of hydrogen-bond acceptors (Lipinski definition) is 6. The highest BCUT2D eigenvalue weighted by Crippen LogP contribution is 2.10. The van der Waals surface area contributed by atoms with Crippen LogP contribution in [0.5, 0.6) is 0 Å². The predicted octanol–water partition coefficient (Wildman–Crippen LogP) is -0.254. The molecular weight excluding hydrogens is 184 g/mol. The number of nitrogens with two attached hydrogens (primary N) is 1. The Bertz CT molecular complexity index is 381. The number of aryl methyl sites for hydroxylation is 1.